The number of carbonyl (C=O) groups is 1. The zero-order valence-corrected chi connectivity index (χ0v) is 10.9. The molecule has 1 heterocycles. The van der Waals surface area contributed by atoms with Crippen molar-refractivity contribution in [2.75, 3.05) is 0 Å². The summed E-state index contributed by atoms with van der Waals surface area (Å²) in [5.74, 6) is -1.10. The number of aryl methyl sites for hydroxylation is 2. The van der Waals surface area contributed by atoms with Crippen molar-refractivity contribution in [3.05, 3.63) is 46.3 Å². The van der Waals surface area contributed by atoms with Gasteiger partial charge in [0.2, 0.25) is 0 Å². The van der Waals surface area contributed by atoms with Crippen molar-refractivity contribution in [2.45, 2.75) is 26.9 Å². The Balaban J connectivity index is 2.33. The lowest BCUT2D eigenvalue weighted by Crippen LogP contribution is -2.13. The van der Waals surface area contributed by atoms with Gasteiger partial charge in [-0.3, -0.25) is 0 Å². The fraction of sp³-hybridized carbons (Fsp3) is 0.308. The number of aromatic carboxylic acids is 1. The molecule has 2 rings (SSSR count). The van der Waals surface area contributed by atoms with Crippen molar-refractivity contribution in [3.63, 3.8) is 0 Å². The summed E-state index contributed by atoms with van der Waals surface area (Å²) < 4.78 is 1.54. The average molecular weight is 260 g/mol. The van der Waals surface area contributed by atoms with Crippen molar-refractivity contribution in [3.8, 4) is 0 Å². The molecule has 0 unspecified atom stereocenters. The summed E-state index contributed by atoms with van der Waals surface area (Å²) in [6.45, 7) is 4.64. The second-order valence-electron chi connectivity index (χ2n) is 4.47. The second-order valence-corrected chi connectivity index (χ2v) is 4.47. The lowest BCUT2D eigenvalue weighted by atomic mass is 10.1. The second kappa shape index (κ2) is 5.19. The van der Waals surface area contributed by atoms with Crippen LogP contribution in [0.2, 0.25) is 0 Å². The molecule has 0 fully saturated rings. The number of hydrogen-bond acceptors (Lipinski definition) is 4. The topological polar surface area (TPSA) is 94.0 Å². The third-order valence-corrected chi connectivity index (χ3v) is 3.14. The minimum atomic E-state index is -1.10. The number of aromatic nitrogens is 3. The van der Waals surface area contributed by atoms with Gasteiger partial charge in [-0.05, 0) is 30.5 Å². The molecule has 0 saturated carbocycles. The van der Waals surface area contributed by atoms with Crippen LogP contribution in [-0.2, 0) is 13.1 Å². The fourth-order valence-electron chi connectivity index (χ4n) is 1.90. The molecule has 0 bridgehead atoms. The summed E-state index contributed by atoms with van der Waals surface area (Å²) in [6, 6.07) is 6.07. The number of benzene rings is 1. The van der Waals surface area contributed by atoms with Gasteiger partial charge in [0, 0.05) is 6.54 Å². The van der Waals surface area contributed by atoms with Crippen molar-refractivity contribution >= 4 is 5.97 Å². The van der Waals surface area contributed by atoms with Crippen LogP contribution in [0, 0.1) is 13.8 Å². The predicted octanol–water partition coefficient (Wildman–Crippen LogP) is 1.10. The Morgan fingerprint density at radius 3 is 2.68 bits per heavy atom. The van der Waals surface area contributed by atoms with Crippen LogP contribution >= 0.6 is 0 Å². The SMILES string of the molecule is Cc1ccc(Cn2nnc(C(=O)O)c2CN)cc1C. The number of rotatable bonds is 4. The fourth-order valence-corrected chi connectivity index (χ4v) is 1.90. The Kier molecular flexibility index (Phi) is 3.62. The highest BCUT2D eigenvalue weighted by Crippen LogP contribution is 2.13. The van der Waals surface area contributed by atoms with E-state index in [2.05, 4.69) is 16.4 Å². The number of nitrogens with zero attached hydrogens (tertiary/aromatic N) is 3. The van der Waals surface area contributed by atoms with Gasteiger partial charge in [-0.25, -0.2) is 9.48 Å². The normalized spacial score (nSPS) is 10.7. The van der Waals surface area contributed by atoms with Crippen LogP contribution in [0.5, 0.6) is 0 Å². The summed E-state index contributed by atoms with van der Waals surface area (Å²) >= 11 is 0. The first-order valence-electron chi connectivity index (χ1n) is 5.94. The number of carboxylic acids is 1. The minimum Gasteiger partial charge on any atom is -0.476 e. The molecule has 0 radical (unpaired) electrons. The average Bonchev–Trinajstić information content (AvgIpc) is 2.76. The van der Waals surface area contributed by atoms with Crippen molar-refractivity contribution in [1.29, 1.82) is 0 Å². The molecule has 0 atom stereocenters. The first-order chi connectivity index (χ1) is 9.02. The molecule has 1 aromatic heterocycles. The van der Waals surface area contributed by atoms with E-state index in [1.54, 1.807) is 0 Å². The Bertz CT molecular complexity index is 619. The van der Waals surface area contributed by atoms with Gasteiger partial charge < -0.3 is 10.8 Å². The van der Waals surface area contributed by atoms with Crippen molar-refractivity contribution in [2.24, 2.45) is 5.73 Å². The molecule has 0 aliphatic rings. The van der Waals surface area contributed by atoms with Crippen molar-refractivity contribution < 1.29 is 9.90 Å². The largest absolute Gasteiger partial charge is 0.476 e. The zero-order chi connectivity index (χ0) is 14.0. The predicted molar refractivity (Wildman–Crippen MR) is 69.9 cm³/mol. The molecule has 6 nitrogen and oxygen atoms in total. The van der Waals surface area contributed by atoms with E-state index in [0.29, 0.717) is 12.2 Å². The van der Waals surface area contributed by atoms with Crippen LogP contribution in [0.3, 0.4) is 0 Å². The van der Waals surface area contributed by atoms with E-state index in [0.717, 1.165) is 5.56 Å². The van der Waals surface area contributed by atoms with E-state index in [4.69, 9.17) is 10.8 Å². The molecule has 0 saturated heterocycles. The van der Waals surface area contributed by atoms with Gasteiger partial charge in [-0.15, -0.1) is 5.10 Å². The summed E-state index contributed by atoms with van der Waals surface area (Å²) in [5, 5.41) is 16.5. The summed E-state index contributed by atoms with van der Waals surface area (Å²) in [5.41, 5.74) is 9.38. The highest BCUT2D eigenvalue weighted by atomic mass is 16.4. The van der Waals surface area contributed by atoms with Gasteiger partial charge in [0.25, 0.3) is 0 Å². The molecule has 0 spiro atoms. The number of carboxylic acid groups (broad SMARTS) is 1. The first kappa shape index (κ1) is 13.2. The number of nitrogens with two attached hydrogens (primary N) is 1. The van der Waals surface area contributed by atoms with E-state index < -0.39 is 5.97 Å². The van der Waals surface area contributed by atoms with Gasteiger partial charge in [0.15, 0.2) is 5.69 Å². The van der Waals surface area contributed by atoms with E-state index in [1.807, 2.05) is 26.0 Å². The standard InChI is InChI=1S/C13H16N4O2/c1-8-3-4-10(5-9(8)2)7-17-11(6-14)12(13(18)19)15-16-17/h3-5H,6-7,14H2,1-2H3,(H,18,19). The maximum absolute atomic E-state index is 11.0. The molecular formula is C13H16N4O2. The van der Waals surface area contributed by atoms with Crippen LogP contribution in [0.15, 0.2) is 18.2 Å². The molecule has 1 aromatic carbocycles. The van der Waals surface area contributed by atoms with E-state index >= 15 is 0 Å². The lowest BCUT2D eigenvalue weighted by molar-refractivity contribution is 0.0689. The Morgan fingerprint density at radius 1 is 1.37 bits per heavy atom. The molecule has 3 N–H and O–H groups in total. The highest BCUT2D eigenvalue weighted by molar-refractivity contribution is 5.86. The summed E-state index contributed by atoms with van der Waals surface area (Å²) in [4.78, 5) is 11.0. The smallest absolute Gasteiger partial charge is 0.358 e. The van der Waals surface area contributed by atoms with Crippen LogP contribution in [0.25, 0.3) is 0 Å². The maximum atomic E-state index is 11.0. The third kappa shape index (κ3) is 2.63. The summed E-state index contributed by atoms with van der Waals surface area (Å²) in [7, 11) is 0. The molecule has 6 heteroatoms. The Morgan fingerprint density at radius 2 is 2.11 bits per heavy atom. The lowest BCUT2D eigenvalue weighted by Gasteiger charge is -2.07. The zero-order valence-electron chi connectivity index (χ0n) is 10.9. The van der Waals surface area contributed by atoms with Gasteiger partial charge >= 0.3 is 5.97 Å². The Labute approximate surface area is 110 Å². The minimum absolute atomic E-state index is 0.0775. The molecule has 0 amide bonds. The number of hydrogen-bond donors (Lipinski definition) is 2. The van der Waals surface area contributed by atoms with Gasteiger partial charge in [0.05, 0.1) is 12.2 Å². The van der Waals surface area contributed by atoms with Crippen molar-refractivity contribution in [1.82, 2.24) is 15.0 Å². The molecule has 100 valence electrons. The molecule has 0 aliphatic heterocycles. The van der Waals surface area contributed by atoms with Gasteiger partial charge in [-0.1, -0.05) is 23.4 Å². The maximum Gasteiger partial charge on any atom is 0.358 e. The molecule has 19 heavy (non-hydrogen) atoms. The molecule has 0 aliphatic carbocycles. The van der Waals surface area contributed by atoms with Crippen LogP contribution in [0.4, 0.5) is 0 Å². The molecule has 2 aromatic rings. The third-order valence-electron chi connectivity index (χ3n) is 3.14. The Hall–Kier alpha value is -2.21. The van der Waals surface area contributed by atoms with Gasteiger partial charge in [0.1, 0.15) is 0 Å². The quantitative estimate of drug-likeness (QED) is 0.858. The van der Waals surface area contributed by atoms with Gasteiger partial charge in [-0.2, -0.15) is 0 Å². The first-order valence-corrected chi connectivity index (χ1v) is 5.94. The molecular weight excluding hydrogens is 244 g/mol. The van der Waals surface area contributed by atoms with E-state index in [1.165, 1.54) is 15.8 Å². The monoisotopic (exact) mass is 260 g/mol. The van der Waals surface area contributed by atoms with Crippen LogP contribution in [0.1, 0.15) is 32.9 Å². The van der Waals surface area contributed by atoms with E-state index in [-0.39, 0.29) is 12.2 Å². The van der Waals surface area contributed by atoms with E-state index in [9.17, 15) is 4.79 Å². The highest BCUT2D eigenvalue weighted by Gasteiger charge is 2.17. The summed E-state index contributed by atoms with van der Waals surface area (Å²) in [6.07, 6.45) is 0. The van der Waals surface area contributed by atoms with Crippen LogP contribution < -0.4 is 5.73 Å². The van der Waals surface area contributed by atoms with Crippen LogP contribution in [-0.4, -0.2) is 26.1 Å².